The Kier molecular flexibility index (Phi) is 6.20. The number of hydrogen-bond acceptors (Lipinski definition) is 5. The molecule has 0 fully saturated rings. The smallest absolute Gasteiger partial charge is 0.340 e. The van der Waals surface area contributed by atoms with Crippen LogP contribution in [0.2, 0.25) is 0 Å². The molecule has 3 rings (SSSR count). The molecule has 2 aromatic carbocycles. The van der Waals surface area contributed by atoms with Crippen molar-refractivity contribution >= 4 is 28.9 Å². The third-order valence-electron chi connectivity index (χ3n) is 4.28. The number of anilines is 1. The number of benzene rings is 2. The Morgan fingerprint density at radius 3 is 2.29 bits per heavy atom. The molecule has 140 valence electrons. The molecule has 0 spiro atoms. The van der Waals surface area contributed by atoms with E-state index in [1.165, 1.54) is 18.4 Å². The van der Waals surface area contributed by atoms with Gasteiger partial charge in [-0.2, -0.15) is 5.26 Å². The number of esters is 1. The largest absolute Gasteiger partial charge is 0.465 e. The lowest BCUT2D eigenvalue weighted by atomic mass is 10.0. The SMILES string of the molecule is COC(=O)c1cscc1NC(=O)CCc1ccc(-c2ccc(C#N)cc2)cc1. The van der Waals surface area contributed by atoms with Crippen LogP contribution in [0.25, 0.3) is 11.1 Å². The number of carbonyl (C=O) groups excluding carboxylic acids is 2. The number of methoxy groups -OCH3 is 1. The summed E-state index contributed by atoms with van der Waals surface area (Å²) in [5.41, 5.74) is 4.62. The first-order chi connectivity index (χ1) is 13.6. The van der Waals surface area contributed by atoms with Crippen LogP contribution in [0.15, 0.2) is 59.3 Å². The summed E-state index contributed by atoms with van der Waals surface area (Å²) < 4.78 is 4.71. The summed E-state index contributed by atoms with van der Waals surface area (Å²) in [7, 11) is 1.31. The highest BCUT2D eigenvalue weighted by Gasteiger charge is 2.15. The van der Waals surface area contributed by atoms with Crippen LogP contribution in [-0.4, -0.2) is 19.0 Å². The van der Waals surface area contributed by atoms with E-state index in [1.807, 2.05) is 36.4 Å². The van der Waals surface area contributed by atoms with Gasteiger partial charge in [0.1, 0.15) is 0 Å². The Labute approximate surface area is 167 Å². The molecule has 0 bridgehead atoms. The van der Waals surface area contributed by atoms with E-state index in [2.05, 4.69) is 11.4 Å². The molecule has 6 heteroatoms. The maximum atomic E-state index is 12.2. The van der Waals surface area contributed by atoms with Gasteiger partial charge in [0.15, 0.2) is 0 Å². The highest BCUT2D eigenvalue weighted by Crippen LogP contribution is 2.23. The first kappa shape index (κ1) is 19.3. The Hall–Kier alpha value is -3.43. The van der Waals surface area contributed by atoms with E-state index in [0.29, 0.717) is 29.7 Å². The van der Waals surface area contributed by atoms with Crippen LogP contribution in [0.3, 0.4) is 0 Å². The van der Waals surface area contributed by atoms with Crippen molar-refractivity contribution in [2.24, 2.45) is 0 Å². The molecular formula is C22H18N2O3S. The fourth-order valence-corrected chi connectivity index (χ4v) is 3.48. The minimum atomic E-state index is -0.463. The Morgan fingerprint density at radius 2 is 1.68 bits per heavy atom. The van der Waals surface area contributed by atoms with Crippen LogP contribution >= 0.6 is 11.3 Å². The van der Waals surface area contributed by atoms with E-state index in [0.717, 1.165) is 16.7 Å². The van der Waals surface area contributed by atoms with Crippen LogP contribution in [0.4, 0.5) is 5.69 Å². The quantitative estimate of drug-likeness (QED) is 0.622. The van der Waals surface area contributed by atoms with E-state index < -0.39 is 5.97 Å². The van der Waals surface area contributed by atoms with E-state index in [9.17, 15) is 9.59 Å². The highest BCUT2D eigenvalue weighted by atomic mass is 32.1. The average molecular weight is 390 g/mol. The van der Waals surface area contributed by atoms with Crippen molar-refractivity contribution in [3.05, 3.63) is 76.0 Å². The number of nitrogens with zero attached hydrogens (tertiary/aromatic N) is 1. The monoisotopic (exact) mass is 390 g/mol. The minimum absolute atomic E-state index is 0.153. The molecule has 1 heterocycles. The molecule has 0 aliphatic carbocycles. The number of amides is 1. The highest BCUT2D eigenvalue weighted by molar-refractivity contribution is 7.08. The standard InChI is InChI=1S/C22H18N2O3S/c1-27-22(26)19-13-28-14-20(19)24-21(25)11-6-15-2-7-17(8-3-15)18-9-4-16(12-23)5-10-18/h2-5,7-10,13-14H,6,11H2,1H3,(H,24,25). The predicted octanol–water partition coefficient (Wildman–Crippen LogP) is 4.64. The summed E-state index contributed by atoms with van der Waals surface area (Å²) in [6, 6.07) is 17.5. The molecule has 0 saturated heterocycles. The van der Waals surface area contributed by atoms with Crippen molar-refractivity contribution in [1.82, 2.24) is 0 Å². The summed E-state index contributed by atoms with van der Waals surface area (Å²) in [6.07, 6.45) is 0.907. The van der Waals surface area contributed by atoms with Gasteiger partial charge in [-0.1, -0.05) is 36.4 Å². The van der Waals surface area contributed by atoms with Gasteiger partial charge < -0.3 is 10.1 Å². The predicted molar refractivity (Wildman–Crippen MR) is 109 cm³/mol. The zero-order valence-electron chi connectivity index (χ0n) is 15.3. The van der Waals surface area contributed by atoms with Gasteiger partial charge in [-0.15, -0.1) is 11.3 Å². The van der Waals surface area contributed by atoms with Gasteiger partial charge in [-0.25, -0.2) is 4.79 Å². The summed E-state index contributed by atoms with van der Waals surface area (Å²) in [6.45, 7) is 0. The number of thiophene rings is 1. The summed E-state index contributed by atoms with van der Waals surface area (Å²) in [5, 5.41) is 15.0. The van der Waals surface area contributed by atoms with Crippen molar-refractivity contribution in [1.29, 1.82) is 5.26 Å². The molecule has 28 heavy (non-hydrogen) atoms. The minimum Gasteiger partial charge on any atom is -0.465 e. The normalized spacial score (nSPS) is 10.1. The molecule has 5 nitrogen and oxygen atoms in total. The Balaban J connectivity index is 1.57. The van der Waals surface area contributed by atoms with E-state index >= 15 is 0 Å². The van der Waals surface area contributed by atoms with Gasteiger partial charge >= 0.3 is 5.97 Å². The van der Waals surface area contributed by atoms with Crippen molar-refractivity contribution in [2.45, 2.75) is 12.8 Å². The molecular weight excluding hydrogens is 372 g/mol. The third kappa shape index (κ3) is 4.64. The number of nitriles is 1. The van der Waals surface area contributed by atoms with Gasteiger partial charge in [0, 0.05) is 17.2 Å². The van der Waals surface area contributed by atoms with E-state index in [-0.39, 0.29) is 5.91 Å². The van der Waals surface area contributed by atoms with E-state index in [4.69, 9.17) is 10.00 Å². The molecule has 1 N–H and O–H groups in total. The Morgan fingerprint density at radius 1 is 1.04 bits per heavy atom. The molecule has 1 aromatic heterocycles. The maximum absolute atomic E-state index is 12.2. The number of aryl methyl sites for hydroxylation is 1. The van der Waals surface area contributed by atoms with E-state index in [1.54, 1.807) is 22.9 Å². The third-order valence-corrected chi connectivity index (χ3v) is 5.03. The van der Waals surface area contributed by atoms with Crippen molar-refractivity contribution < 1.29 is 14.3 Å². The lowest BCUT2D eigenvalue weighted by Crippen LogP contribution is -2.14. The lowest BCUT2D eigenvalue weighted by molar-refractivity contribution is -0.116. The number of ether oxygens (including phenoxy) is 1. The number of nitrogens with one attached hydrogen (secondary N) is 1. The second kappa shape index (κ2) is 8.98. The van der Waals surface area contributed by atoms with Crippen LogP contribution in [0, 0.1) is 11.3 Å². The maximum Gasteiger partial charge on any atom is 0.340 e. The lowest BCUT2D eigenvalue weighted by Gasteiger charge is -2.07. The van der Waals surface area contributed by atoms with Crippen LogP contribution in [0.1, 0.15) is 27.9 Å². The molecule has 0 atom stereocenters. The van der Waals surface area contributed by atoms with Gasteiger partial charge in [-0.3, -0.25) is 4.79 Å². The summed E-state index contributed by atoms with van der Waals surface area (Å²) in [4.78, 5) is 23.9. The first-order valence-electron chi connectivity index (χ1n) is 8.64. The van der Waals surface area contributed by atoms with Gasteiger partial charge in [0.05, 0.1) is 30.0 Å². The number of rotatable bonds is 6. The Bertz CT molecular complexity index is 1020. The zero-order valence-corrected chi connectivity index (χ0v) is 16.1. The topological polar surface area (TPSA) is 79.2 Å². The fraction of sp³-hybridized carbons (Fsp3) is 0.136. The second-order valence-corrected chi connectivity index (χ2v) is 6.87. The van der Waals surface area contributed by atoms with Gasteiger partial charge in [-0.05, 0) is 35.2 Å². The van der Waals surface area contributed by atoms with Crippen molar-refractivity contribution in [2.75, 3.05) is 12.4 Å². The fourth-order valence-electron chi connectivity index (χ4n) is 2.73. The van der Waals surface area contributed by atoms with Gasteiger partial charge in [0.25, 0.3) is 0 Å². The second-order valence-electron chi connectivity index (χ2n) is 6.12. The zero-order chi connectivity index (χ0) is 19.9. The van der Waals surface area contributed by atoms with Crippen molar-refractivity contribution in [3.63, 3.8) is 0 Å². The number of hydrogen-bond donors (Lipinski definition) is 1. The molecule has 0 radical (unpaired) electrons. The molecule has 0 aliphatic rings. The average Bonchev–Trinajstić information content (AvgIpc) is 3.20. The van der Waals surface area contributed by atoms with Crippen LogP contribution in [-0.2, 0) is 16.0 Å². The molecule has 0 saturated carbocycles. The van der Waals surface area contributed by atoms with Crippen molar-refractivity contribution in [3.8, 4) is 17.2 Å². The molecule has 0 aliphatic heterocycles. The summed E-state index contributed by atoms with van der Waals surface area (Å²) >= 11 is 1.33. The van der Waals surface area contributed by atoms with Crippen LogP contribution < -0.4 is 5.32 Å². The molecule has 0 unspecified atom stereocenters. The van der Waals surface area contributed by atoms with Gasteiger partial charge in [0.2, 0.25) is 5.91 Å². The first-order valence-corrected chi connectivity index (χ1v) is 9.59. The molecule has 3 aromatic rings. The molecule has 1 amide bonds. The number of carbonyl (C=O) groups is 2. The summed E-state index contributed by atoms with van der Waals surface area (Å²) in [5.74, 6) is -0.616. The van der Waals surface area contributed by atoms with Crippen LogP contribution in [0.5, 0.6) is 0 Å².